The van der Waals surface area contributed by atoms with E-state index in [0.717, 1.165) is 12.1 Å². The first-order valence-corrected chi connectivity index (χ1v) is 7.12. The topological polar surface area (TPSA) is 50.4 Å². The second kappa shape index (κ2) is 6.82. The lowest BCUT2D eigenvalue weighted by molar-refractivity contribution is -0.137. The maximum atomic E-state index is 12.9. The average Bonchev–Trinajstić information content (AvgIpc) is 2.55. The zero-order valence-corrected chi connectivity index (χ0v) is 13.4. The molecule has 24 heavy (non-hydrogen) atoms. The molecule has 0 aromatic heterocycles. The smallest absolute Gasteiger partial charge is 0.416 e. The third kappa shape index (κ3) is 3.61. The molecule has 0 aliphatic rings. The van der Waals surface area contributed by atoms with E-state index in [1.807, 2.05) is 0 Å². The van der Waals surface area contributed by atoms with Gasteiger partial charge in [0.2, 0.25) is 0 Å². The Morgan fingerprint density at radius 2 is 1.88 bits per heavy atom. The third-order valence-electron chi connectivity index (χ3n) is 3.57. The lowest BCUT2D eigenvalue weighted by Crippen LogP contribution is -2.19. The molecule has 7 heteroatoms. The number of hydrogen-bond acceptors (Lipinski definition) is 3. The highest BCUT2D eigenvalue weighted by Crippen LogP contribution is 2.34. The summed E-state index contributed by atoms with van der Waals surface area (Å²) in [5.41, 5.74) is 0.790. The second-order valence-electron chi connectivity index (χ2n) is 5.10. The molecule has 0 bridgehead atoms. The van der Waals surface area contributed by atoms with Gasteiger partial charge in [-0.25, -0.2) is 0 Å². The van der Waals surface area contributed by atoms with Crippen molar-refractivity contribution in [2.45, 2.75) is 13.1 Å². The van der Waals surface area contributed by atoms with E-state index < -0.39 is 11.7 Å². The van der Waals surface area contributed by atoms with Gasteiger partial charge in [0.05, 0.1) is 23.9 Å². The normalized spacial score (nSPS) is 11.1. The van der Waals surface area contributed by atoms with Crippen molar-refractivity contribution in [3.05, 3.63) is 53.1 Å². The zero-order chi connectivity index (χ0) is 17.9. The van der Waals surface area contributed by atoms with Crippen molar-refractivity contribution < 1.29 is 22.7 Å². The van der Waals surface area contributed by atoms with Crippen LogP contribution in [0.1, 0.15) is 21.5 Å². The molecule has 2 aromatic rings. The number of ether oxygens (including phenoxy) is 1. The van der Waals surface area contributed by atoms with Gasteiger partial charge in [0, 0.05) is 18.3 Å². The zero-order valence-electron chi connectivity index (χ0n) is 13.4. The number of rotatable bonds is 4. The minimum atomic E-state index is -4.44. The molecule has 0 radical (unpaired) electrons. The predicted molar refractivity (Wildman–Crippen MR) is 85.8 cm³/mol. The maximum absolute atomic E-state index is 12.9. The summed E-state index contributed by atoms with van der Waals surface area (Å²) in [6.45, 7) is 1.72. The first kappa shape index (κ1) is 17.7. The van der Waals surface area contributed by atoms with Gasteiger partial charge in [-0.2, -0.15) is 13.2 Å². The first-order valence-electron chi connectivity index (χ1n) is 7.12. The molecule has 0 atom stereocenters. The van der Waals surface area contributed by atoms with Crippen LogP contribution in [0.15, 0.2) is 36.4 Å². The van der Waals surface area contributed by atoms with Crippen molar-refractivity contribution >= 4 is 17.3 Å². The van der Waals surface area contributed by atoms with Crippen molar-refractivity contribution in [1.29, 1.82) is 0 Å². The van der Waals surface area contributed by atoms with E-state index in [4.69, 9.17) is 4.74 Å². The second-order valence-corrected chi connectivity index (χ2v) is 5.10. The first-order chi connectivity index (χ1) is 11.3. The van der Waals surface area contributed by atoms with Crippen molar-refractivity contribution in [2.75, 3.05) is 19.5 Å². The largest absolute Gasteiger partial charge is 0.496 e. The molecule has 0 aliphatic carbocycles. The van der Waals surface area contributed by atoms with Gasteiger partial charge in [0.1, 0.15) is 5.75 Å². The number of benzene rings is 2. The van der Waals surface area contributed by atoms with Crippen molar-refractivity contribution in [2.24, 2.45) is 0 Å². The van der Waals surface area contributed by atoms with E-state index in [0.29, 0.717) is 22.6 Å². The van der Waals surface area contributed by atoms with Crippen molar-refractivity contribution in [1.82, 2.24) is 5.32 Å². The lowest BCUT2D eigenvalue weighted by Gasteiger charge is -2.17. The van der Waals surface area contributed by atoms with Crippen LogP contribution in [0.5, 0.6) is 5.75 Å². The Hall–Kier alpha value is -2.70. The molecule has 0 saturated carbocycles. The number of carbonyl (C=O) groups excluding carboxylic acids is 1. The molecule has 2 aromatic carbocycles. The summed E-state index contributed by atoms with van der Waals surface area (Å²) < 4.78 is 43.8. The average molecular weight is 338 g/mol. The van der Waals surface area contributed by atoms with Crippen LogP contribution in [0, 0.1) is 6.92 Å². The van der Waals surface area contributed by atoms with E-state index in [1.165, 1.54) is 26.3 Å². The third-order valence-corrected chi connectivity index (χ3v) is 3.57. The molecule has 128 valence electrons. The molecular weight excluding hydrogens is 321 g/mol. The molecule has 2 rings (SSSR count). The Kier molecular flexibility index (Phi) is 5.02. The number of alkyl halides is 3. The standard InChI is InChI=1S/C17H17F3N2O2/c1-10-14(24-3)8-7-13(16(23)21-2)15(10)22-12-6-4-5-11(9-12)17(18,19)20/h4-9,22H,1-3H3,(H,21,23). The molecule has 0 fully saturated rings. The van der Waals surface area contributed by atoms with E-state index in [1.54, 1.807) is 19.1 Å². The van der Waals surface area contributed by atoms with Gasteiger partial charge < -0.3 is 15.4 Å². The number of anilines is 2. The van der Waals surface area contributed by atoms with Gasteiger partial charge in [-0.05, 0) is 37.3 Å². The molecule has 0 heterocycles. The molecule has 0 unspecified atom stereocenters. The molecule has 1 amide bonds. The highest BCUT2D eigenvalue weighted by atomic mass is 19.4. The Balaban J connectivity index is 2.50. The fourth-order valence-electron chi connectivity index (χ4n) is 2.32. The predicted octanol–water partition coefficient (Wildman–Crippen LogP) is 4.13. The summed E-state index contributed by atoms with van der Waals surface area (Å²) >= 11 is 0. The molecule has 4 nitrogen and oxygen atoms in total. The van der Waals surface area contributed by atoms with Gasteiger partial charge in [-0.3, -0.25) is 4.79 Å². The van der Waals surface area contributed by atoms with Crippen molar-refractivity contribution in [3.8, 4) is 5.75 Å². The minimum absolute atomic E-state index is 0.228. The Bertz CT molecular complexity index is 758. The highest BCUT2D eigenvalue weighted by Gasteiger charge is 2.30. The van der Waals surface area contributed by atoms with Crippen LogP contribution < -0.4 is 15.4 Å². The number of hydrogen-bond donors (Lipinski definition) is 2. The number of carbonyl (C=O) groups is 1. The molecule has 0 spiro atoms. The van der Waals surface area contributed by atoms with Gasteiger partial charge >= 0.3 is 6.18 Å². The van der Waals surface area contributed by atoms with Crippen LogP contribution in [0.25, 0.3) is 0 Å². The number of halogens is 3. The Morgan fingerprint density at radius 3 is 2.46 bits per heavy atom. The molecule has 2 N–H and O–H groups in total. The fraction of sp³-hybridized carbons (Fsp3) is 0.235. The number of nitrogens with one attached hydrogen (secondary N) is 2. The summed E-state index contributed by atoms with van der Waals surface area (Å²) in [5.74, 6) is 0.173. The summed E-state index contributed by atoms with van der Waals surface area (Å²) in [6.07, 6.45) is -4.44. The van der Waals surface area contributed by atoms with Gasteiger partial charge in [-0.1, -0.05) is 6.07 Å². The molecule has 0 saturated heterocycles. The van der Waals surface area contributed by atoms with Crippen molar-refractivity contribution in [3.63, 3.8) is 0 Å². The monoisotopic (exact) mass is 338 g/mol. The Labute approximate surface area is 137 Å². The quantitative estimate of drug-likeness (QED) is 0.881. The van der Waals surface area contributed by atoms with Gasteiger partial charge in [-0.15, -0.1) is 0 Å². The summed E-state index contributed by atoms with van der Waals surface area (Å²) in [6, 6.07) is 7.98. The lowest BCUT2D eigenvalue weighted by atomic mass is 10.1. The van der Waals surface area contributed by atoms with Crippen LogP contribution in [-0.4, -0.2) is 20.1 Å². The summed E-state index contributed by atoms with van der Waals surface area (Å²) in [5, 5.41) is 5.41. The summed E-state index contributed by atoms with van der Waals surface area (Å²) in [7, 11) is 2.96. The number of amides is 1. The van der Waals surface area contributed by atoms with E-state index >= 15 is 0 Å². The van der Waals surface area contributed by atoms with Gasteiger partial charge in [0.15, 0.2) is 0 Å². The Morgan fingerprint density at radius 1 is 1.17 bits per heavy atom. The number of methoxy groups -OCH3 is 1. The van der Waals surface area contributed by atoms with Gasteiger partial charge in [0.25, 0.3) is 5.91 Å². The van der Waals surface area contributed by atoms with Crippen LogP contribution in [-0.2, 0) is 6.18 Å². The minimum Gasteiger partial charge on any atom is -0.496 e. The van der Waals surface area contributed by atoms with E-state index in [9.17, 15) is 18.0 Å². The fourth-order valence-corrected chi connectivity index (χ4v) is 2.32. The summed E-state index contributed by atoms with van der Waals surface area (Å²) in [4.78, 5) is 12.0. The maximum Gasteiger partial charge on any atom is 0.416 e. The van der Waals surface area contributed by atoms with E-state index in [-0.39, 0.29) is 11.6 Å². The SMILES string of the molecule is CNC(=O)c1ccc(OC)c(C)c1Nc1cccc(C(F)(F)F)c1. The highest BCUT2D eigenvalue weighted by molar-refractivity contribution is 6.01. The van der Waals surface area contributed by atoms with Crippen LogP contribution >= 0.6 is 0 Å². The van der Waals surface area contributed by atoms with Crippen LogP contribution in [0.2, 0.25) is 0 Å². The molecule has 0 aliphatic heterocycles. The van der Waals surface area contributed by atoms with Crippen LogP contribution in [0.3, 0.4) is 0 Å². The van der Waals surface area contributed by atoms with Crippen LogP contribution in [0.4, 0.5) is 24.5 Å². The van der Waals surface area contributed by atoms with E-state index in [2.05, 4.69) is 10.6 Å². The molecular formula is C17H17F3N2O2.